The first-order valence-electron chi connectivity index (χ1n) is 7.55. The molecule has 23 heavy (non-hydrogen) atoms. The van der Waals surface area contributed by atoms with E-state index in [0.717, 1.165) is 5.56 Å². The maximum Gasteiger partial charge on any atom is 0.412 e. The zero-order valence-electron chi connectivity index (χ0n) is 13.9. The van der Waals surface area contributed by atoms with Crippen molar-refractivity contribution in [2.75, 3.05) is 12.4 Å². The minimum atomic E-state index is -0.787. The van der Waals surface area contributed by atoms with E-state index in [9.17, 15) is 14.7 Å². The third-order valence-corrected chi connectivity index (χ3v) is 3.76. The van der Waals surface area contributed by atoms with Crippen molar-refractivity contribution in [1.29, 1.82) is 0 Å². The van der Waals surface area contributed by atoms with Crippen LogP contribution in [-0.2, 0) is 16.0 Å². The molecule has 1 aliphatic carbocycles. The van der Waals surface area contributed by atoms with E-state index in [1.54, 1.807) is 46.1 Å². The fraction of sp³-hybridized carbons (Fsp3) is 0.529. The number of methoxy groups -OCH3 is 1. The van der Waals surface area contributed by atoms with Crippen LogP contribution in [0.25, 0.3) is 0 Å². The summed E-state index contributed by atoms with van der Waals surface area (Å²) in [5, 5.41) is 12.0. The summed E-state index contributed by atoms with van der Waals surface area (Å²) in [6, 6.07) is 5.17. The molecule has 0 spiro atoms. The van der Waals surface area contributed by atoms with Gasteiger partial charge in [-0.1, -0.05) is 0 Å². The largest absolute Gasteiger partial charge is 0.496 e. The van der Waals surface area contributed by atoms with E-state index in [1.165, 1.54) is 0 Å². The number of carbonyl (C=O) groups excluding carboxylic acids is 1. The number of carboxylic acids is 1. The highest BCUT2D eigenvalue weighted by Gasteiger charge is 2.50. The number of rotatable bonds is 5. The Morgan fingerprint density at radius 3 is 2.43 bits per heavy atom. The Labute approximate surface area is 135 Å². The molecule has 0 aliphatic heterocycles. The quantitative estimate of drug-likeness (QED) is 0.867. The number of benzene rings is 1. The van der Waals surface area contributed by atoms with Crippen LogP contribution in [-0.4, -0.2) is 29.9 Å². The van der Waals surface area contributed by atoms with Crippen LogP contribution in [0.4, 0.5) is 10.5 Å². The van der Waals surface area contributed by atoms with Gasteiger partial charge in [-0.05, 0) is 63.8 Å². The smallest absolute Gasteiger partial charge is 0.412 e. The van der Waals surface area contributed by atoms with Crippen LogP contribution in [0.1, 0.15) is 39.2 Å². The maximum absolute atomic E-state index is 11.8. The number of amides is 1. The predicted molar refractivity (Wildman–Crippen MR) is 85.9 cm³/mol. The Balaban J connectivity index is 2.16. The average molecular weight is 321 g/mol. The standard InChI is InChI=1S/C17H23NO5/c1-16(2,3)23-15(21)18-12-5-6-13(22-4)11(9-12)10-17(7-8-17)14(19)20/h5-6,9H,7-8,10H2,1-4H3,(H,18,21)(H,19,20). The van der Waals surface area contributed by atoms with Gasteiger partial charge in [0, 0.05) is 5.69 Å². The van der Waals surface area contributed by atoms with Crippen molar-refractivity contribution in [1.82, 2.24) is 0 Å². The van der Waals surface area contributed by atoms with Crippen LogP contribution in [0.15, 0.2) is 18.2 Å². The molecule has 126 valence electrons. The predicted octanol–water partition coefficient (Wildman–Crippen LogP) is 3.45. The molecule has 2 N–H and O–H groups in total. The summed E-state index contributed by atoms with van der Waals surface area (Å²) in [6.45, 7) is 5.36. The van der Waals surface area contributed by atoms with Crippen LogP contribution in [0.3, 0.4) is 0 Å². The van der Waals surface area contributed by atoms with E-state index in [-0.39, 0.29) is 0 Å². The number of carbonyl (C=O) groups is 2. The minimum absolute atomic E-state index is 0.384. The molecule has 0 heterocycles. The first-order chi connectivity index (χ1) is 10.6. The van der Waals surface area contributed by atoms with Crippen LogP contribution in [0, 0.1) is 5.41 Å². The molecule has 0 unspecified atom stereocenters. The molecule has 0 atom stereocenters. The third-order valence-electron chi connectivity index (χ3n) is 3.76. The molecule has 0 bridgehead atoms. The highest BCUT2D eigenvalue weighted by molar-refractivity contribution is 5.85. The molecule has 6 heteroatoms. The summed E-state index contributed by atoms with van der Waals surface area (Å²) in [4.78, 5) is 23.2. The number of anilines is 1. The van der Waals surface area contributed by atoms with E-state index in [1.807, 2.05) is 0 Å². The molecular weight excluding hydrogens is 298 g/mol. The number of ether oxygens (including phenoxy) is 2. The fourth-order valence-corrected chi connectivity index (χ4v) is 2.40. The first-order valence-corrected chi connectivity index (χ1v) is 7.55. The molecule has 0 radical (unpaired) electrons. The Morgan fingerprint density at radius 1 is 1.30 bits per heavy atom. The third kappa shape index (κ3) is 4.37. The van der Waals surface area contributed by atoms with Gasteiger partial charge in [-0.25, -0.2) is 4.79 Å². The lowest BCUT2D eigenvalue weighted by molar-refractivity contribution is -0.143. The Bertz CT molecular complexity index is 614. The molecule has 1 aliphatic rings. The summed E-state index contributed by atoms with van der Waals surface area (Å²) in [6.07, 6.45) is 1.16. The van der Waals surface area contributed by atoms with Gasteiger partial charge >= 0.3 is 12.1 Å². The number of carboxylic acid groups (broad SMARTS) is 1. The molecule has 1 amide bonds. The SMILES string of the molecule is COc1ccc(NC(=O)OC(C)(C)C)cc1CC1(C(=O)O)CC1. The summed E-state index contributed by atoms with van der Waals surface area (Å²) in [5.74, 6) is -0.169. The van der Waals surface area contributed by atoms with Gasteiger partial charge in [0.25, 0.3) is 0 Å². The number of nitrogens with one attached hydrogen (secondary N) is 1. The Hall–Kier alpha value is -2.24. The van der Waals surface area contributed by atoms with Gasteiger partial charge in [0.1, 0.15) is 11.4 Å². The Kier molecular flexibility index (Phi) is 4.54. The first kappa shape index (κ1) is 17.1. The highest BCUT2D eigenvalue weighted by atomic mass is 16.6. The lowest BCUT2D eigenvalue weighted by Gasteiger charge is -2.20. The van der Waals surface area contributed by atoms with E-state index < -0.39 is 23.1 Å². The topological polar surface area (TPSA) is 84.9 Å². The Morgan fingerprint density at radius 2 is 1.96 bits per heavy atom. The number of hydrogen-bond acceptors (Lipinski definition) is 4. The molecule has 0 aromatic heterocycles. The number of hydrogen-bond donors (Lipinski definition) is 2. The van der Waals surface area contributed by atoms with Gasteiger partial charge in [-0.2, -0.15) is 0 Å². The molecular formula is C17H23NO5. The average Bonchev–Trinajstić information content (AvgIpc) is 3.18. The van der Waals surface area contributed by atoms with Crippen LogP contribution < -0.4 is 10.1 Å². The van der Waals surface area contributed by atoms with Gasteiger partial charge in [0.15, 0.2) is 0 Å². The van der Waals surface area contributed by atoms with Crippen molar-refractivity contribution in [2.24, 2.45) is 5.41 Å². The molecule has 1 aromatic rings. The minimum Gasteiger partial charge on any atom is -0.496 e. The van der Waals surface area contributed by atoms with Gasteiger partial charge in [0.2, 0.25) is 0 Å². The van der Waals surface area contributed by atoms with E-state index in [4.69, 9.17) is 9.47 Å². The van der Waals surface area contributed by atoms with Crippen molar-refractivity contribution in [3.63, 3.8) is 0 Å². The number of aliphatic carboxylic acids is 1. The molecule has 6 nitrogen and oxygen atoms in total. The van der Waals surface area contributed by atoms with Gasteiger partial charge in [0.05, 0.1) is 12.5 Å². The molecule has 1 fully saturated rings. The van der Waals surface area contributed by atoms with Gasteiger partial charge in [-0.3, -0.25) is 10.1 Å². The summed E-state index contributed by atoms with van der Waals surface area (Å²) >= 11 is 0. The summed E-state index contributed by atoms with van der Waals surface area (Å²) < 4.78 is 10.5. The van der Waals surface area contributed by atoms with Crippen molar-refractivity contribution in [2.45, 2.75) is 45.6 Å². The van der Waals surface area contributed by atoms with Crippen molar-refractivity contribution in [3.8, 4) is 5.75 Å². The van der Waals surface area contributed by atoms with E-state index >= 15 is 0 Å². The summed E-state index contributed by atoms with van der Waals surface area (Å²) in [7, 11) is 1.54. The van der Waals surface area contributed by atoms with E-state index in [0.29, 0.717) is 30.7 Å². The molecule has 1 saturated carbocycles. The van der Waals surface area contributed by atoms with Crippen LogP contribution >= 0.6 is 0 Å². The molecule has 2 rings (SSSR count). The zero-order chi connectivity index (χ0) is 17.3. The van der Waals surface area contributed by atoms with Gasteiger partial charge in [-0.15, -0.1) is 0 Å². The second-order valence-electron chi connectivity index (χ2n) is 6.92. The lowest BCUT2D eigenvalue weighted by atomic mass is 9.95. The lowest BCUT2D eigenvalue weighted by Crippen LogP contribution is -2.27. The molecule has 0 saturated heterocycles. The fourth-order valence-electron chi connectivity index (χ4n) is 2.40. The second-order valence-corrected chi connectivity index (χ2v) is 6.92. The normalized spacial score (nSPS) is 15.7. The van der Waals surface area contributed by atoms with Gasteiger partial charge < -0.3 is 14.6 Å². The monoisotopic (exact) mass is 321 g/mol. The van der Waals surface area contributed by atoms with Crippen molar-refractivity contribution < 1.29 is 24.2 Å². The van der Waals surface area contributed by atoms with Crippen LogP contribution in [0.5, 0.6) is 5.75 Å². The second kappa shape index (κ2) is 6.10. The van der Waals surface area contributed by atoms with E-state index in [2.05, 4.69) is 5.32 Å². The van der Waals surface area contributed by atoms with Crippen LogP contribution in [0.2, 0.25) is 0 Å². The maximum atomic E-state index is 11.8. The zero-order valence-corrected chi connectivity index (χ0v) is 13.9. The van der Waals surface area contributed by atoms with Crippen molar-refractivity contribution >= 4 is 17.7 Å². The van der Waals surface area contributed by atoms with Crippen molar-refractivity contribution in [3.05, 3.63) is 23.8 Å². The summed E-state index contributed by atoms with van der Waals surface area (Å²) in [5.41, 5.74) is 0.0377. The molecule has 1 aromatic carbocycles. The highest BCUT2D eigenvalue weighted by Crippen LogP contribution is 2.49.